The Labute approximate surface area is 367 Å². The Bertz CT molecular complexity index is 2640. The second-order valence-corrected chi connectivity index (χ2v) is 20.0. The number of nitrogens with one attached hydrogen (secondary N) is 2. The molecule has 15 heteroatoms. The number of anilines is 1. The van der Waals surface area contributed by atoms with Gasteiger partial charge in [0.15, 0.2) is 0 Å². The zero-order valence-corrected chi connectivity index (χ0v) is 36.9. The number of benzene rings is 3. The number of ether oxygens (including phenoxy) is 2. The molecule has 2 aromatic heterocycles. The van der Waals surface area contributed by atoms with Crippen molar-refractivity contribution in [1.29, 1.82) is 5.26 Å². The van der Waals surface area contributed by atoms with E-state index in [-0.39, 0.29) is 45.6 Å². The van der Waals surface area contributed by atoms with E-state index >= 15 is 0 Å². The number of carbonyl (C=O) groups is 1. The molecule has 62 heavy (non-hydrogen) atoms. The first-order valence-electron chi connectivity index (χ1n) is 21.2. The molecule has 8 rings (SSSR count). The molecule has 2 fully saturated rings. The van der Waals surface area contributed by atoms with Gasteiger partial charge in [0.05, 0.1) is 41.1 Å². The number of aromatic amines is 1. The highest BCUT2D eigenvalue weighted by molar-refractivity contribution is 7.90. The highest BCUT2D eigenvalue weighted by Gasteiger charge is 2.32. The Kier molecular flexibility index (Phi) is 12.4. The number of allylic oxidation sites excluding steroid dienone is 1. The van der Waals surface area contributed by atoms with Crippen molar-refractivity contribution in [3.05, 3.63) is 106 Å². The Morgan fingerprint density at radius 3 is 2.50 bits per heavy atom. The number of rotatable bonds is 12. The topological polar surface area (TPSA) is 174 Å². The van der Waals surface area contributed by atoms with Gasteiger partial charge in [-0.1, -0.05) is 49.2 Å². The SMILES string of the molecule is CC1(C)CCC(CN2CCN(c3ccc(C(=O)NS(=O)(=O)c4cnc(OC[C@H]5CC[C@](C)(O)CC5)c(C#N)c4)c(Oc4cccc5[nH]ncc45)c3)CC2)=C(c2ccc(Cl)cc2)C1. The zero-order valence-electron chi connectivity index (χ0n) is 35.3. The number of H-pyrrole nitrogens is 1. The average molecular weight is 878 g/mol. The van der Waals surface area contributed by atoms with Crippen LogP contribution in [0.5, 0.6) is 17.4 Å². The van der Waals surface area contributed by atoms with E-state index in [1.807, 2.05) is 37.3 Å². The fourth-order valence-corrected chi connectivity index (χ4v) is 9.76. The molecule has 1 saturated carbocycles. The number of piperazine rings is 1. The number of carbonyl (C=O) groups excluding carboxylic acids is 1. The van der Waals surface area contributed by atoms with Crippen LogP contribution in [0.25, 0.3) is 16.5 Å². The van der Waals surface area contributed by atoms with Crippen LogP contribution in [-0.2, 0) is 10.0 Å². The Morgan fingerprint density at radius 1 is 1.00 bits per heavy atom. The van der Waals surface area contributed by atoms with E-state index in [0.29, 0.717) is 24.0 Å². The van der Waals surface area contributed by atoms with Crippen LogP contribution in [-0.4, -0.2) is 84.4 Å². The van der Waals surface area contributed by atoms with Crippen LogP contribution in [0.2, 0.25) is 5.02 Å². The predicted molar refractivity (Wildman–Crippen MR) is 239 cm³/mol. The molecule has 0 radical (unpaired) electrons. The summed E-state index contributed by atoms with van der Waals surface area (Å²) in [5, 5.41) is 28.7. The number of halogens is 1. The summed E-state index contributed by atoms with van der Waals surface area (Å²) in [4.78, 5) is 22.5. The lowest BCUT2D eigenvalue weighted by Gasteiger charge is -2.39. The van der Waals surface area contributed by atoms with Crippen LogP contribution < -0.4 is 19.1 Å². The molecule has 3 aliphatic rings. The third kappa shape index (κ3) is 9.92. The Hall–Kier alpha value is -5.46. The summed E-state index contributed by atoms with van der Waals surface area (Å²) in [5.74, 6) is -0.131. The molecule has 0 bridgehead atoms. The van der Waals surface area contributed by atoms with Crippen LogP contribution >= 0.6 is 11.6 Å². The van der Waals surface area contributed by atoms with Gasteiger partial charge in [-0.05, 0) is 117 Å². The van der Waals surface area contributed by atoms with Gasteiger partial charge in [0, 0.05) is 49.5 Å². The van der Waals surface area contributed by atoms with Crippen LogP contribution in [0.1, 0.15) is 87.2 Å². The number of amides is 1. The minimum atomic E-state index is -4.49. The lowest BCUT2D eigenvalue weighted by Crippen LogP contribution is -2.47. The molecule has 0 unspecified atom stereocenters. The maximum atomic E-state index is 14.0. The fraction of sp³-hybridized carbons (Fsp3) is 0.404. The van der Waals surface area contributed by atoms with Crippen LogP contribution in [0, 0.1) is 22.7 Å². The highest BCUT2D eigenvalue weighted by Crippen LogP contribution is 2.44. The van der Waals surface area contributed by atoms with Gasteiger partial charge in [0.2, 0.25) is 5.88 Å². The first kappa shape index (κ1) is 43.2. The first-order chi connectivity index (χ1) is 29.6. The van der Waals surface area contributed by atoms with Crippen molar-refractivity contribution in [2.75, 3.05) is 44.2 Å². The number of pyridine rings is 1. The van der Waals surface area contributed by atoms with Crippen LogP contribution in [0.15, 0.2) is 89.6 Å². The van der Waals surface area contributed by atoms with Crippen LogP contribution in [0.4, 0.5) is 5.69 Å². The molecule has 1 aliphatic heterocycles. The largest absolute Gasteiger partial charge is 0.476 e. The van der Waals surface area contributed by atoms with Crippen molar-refractivity contribution in [2.45, 2.75) is 76.2 Å². The van der Waals surface area contributed by atoms with Crippen molar-refractivity contribution in [1.82, 2.24) is 24.8 Å². The quantitative estimate of drug-likeness (QED) is 0.110. The molecule has 13 nitrogen and oxygen atoms in total. The molecule has 324 valence electrons. The van der Waals surface area contributed by atoms with Gasteiger partial charge >= 0.3 is 0 Å². The van der Waals surface area contributed by atoms with E-state index < -0.39 is 21.5 Å². The summed E-state index contributed by atoms with van der Waals surface area (Å²) >= 11 is 6.25. The number of hydrogen-bond acceptors (Lipinski definition) is 11. The minimum Gasteiger partial charge on any atom is -0.476 e. The molecular weight excluding hydrogens is 826 g/mol. The standard InChI is InChI=1S/C47H52ClN7O6S/c1-46(2)16-15-33(39(25-46)32-7-9-35(48)10-8-32)29-54-19-21-55(22-20-54)36-11-12-38(43(24-36)61-42-6-4-5-41-40(42)28-51-52-41)44(56)53-62(58,59)37-23-34(26-49)45(50-27-37)60-30-31-13-17-47(3,57)18-14-31/h4-12,23-24,27-28,31,57H,13-22,25,29-30H2,1-3H3,(H,51,52)(H,53,56)/t31-,47-. The van der Waals surface area contributed by atoms with Gasteiger partial charge in [0.25, 0.3) is 15.9 Å². The molecule has 0 spiro atoms. The Balaban J connectivity index is 0.991. The maximum absolute atomic E-state index is 14.0. The van der Waals surface area contributed by atoms with E-state index in [1.165, 1.54) is 16.7 Å². The monoisotopic (exact) mass is 877 g/mol. The van der Waals surface area contributed by atoms with Crippen molar-refractivity contribution < 1.29 is 27.8 Å². The van der Waals surface area contributed by atoms with Crippen molar-refractivity contribution in [3.8, 4) is 23.4 Å². The number of nitrogens with zero attached hydrogens (tertiary/aromatic N) is 5. The maximum Gasteiger partial charge on any atom is 0.268 e. The van der Waals surface area contributed by atoms with Gasteiger partial charge in [-0.3, -0.25) is 14.8 Å². The lowest BCUT2D eigenvalue weighted by atomic mass is 9.72. The average Bonchev–Trinajstić information content (AvgIpc) is 3.74. The molecular formula is C47H52ClN7O6S. The predicted octanol–water partition coefficient (Wildman–Crippen LogP) is 8.50. The molecule has 3 N–H and O–H groups in total. The summed E-state index contributed by atoms with van der Waals surface area (Å²) in [7, 11) is -4.49. The number of hydrogen-bond donors (Lipinski definition) is 3. The van der Waals surface area contributed by atoms with E-state index in [2.05, 4.69) is 55.7 Å². The second kappa shape index (κ2) is 17.7. The summed E-state index contributed by atoms with van der Waals surface area (Å²) in [6.45, 7) is 10.8. The normalized spacial score (nSPS) is 20.8. The molecule has 0 atom stereocenters. The van der Waals surface area contributed by atoms with Gasteiger partial charge in [-0.2, -0.15) is 10.4 Å². The van der Waals surface area contributed by atoms with Crippen molar-refractivity contribution in [3.63, 3.8) is 0 Å². The lowest BCUT2D eigenvalue weighted by molar-refractivity contribution is 0.00125. The molecule has 1 amide bonds. The number of nitriles is 1. The van der Waals surface area contributed by atoms with Crippen molar-refractivity contribution in [2.24, 2.45) is 11.3 Å². The third-order valence-electron chi connectivity index (χ3n) is 12.5. The molecule has 1 saturated heterocycles. The van der Waals surface area contributed by atoms with Gasteiger partial charge < -0.3 is 19.5 Å². The summed E-state index contributed by atoms with van der Waals surface area (Å²) in [6, 6.07) is 21.9. The van der Waals surface area contributed by atoms with Gasteiger partial charge in [0.1, 0.15) is 28.0 Å². The number of fused-ring (bicyclic) bond motifs is 1. The van der Waals surface area contributed by atoms with Gasteiger partial charge in [-0.25, -0.2) is 18.1 Å². The summed E-state index contributed by atoms with van der Waals surface area (Å²) in [6.07, 6.45) is 8.73. The molecule has 2 aliphatic carbocycles. The third-order valence-corrected chi connectivity index (χ3v) is 14.1. The minimum absolute atomic E-state index is 0.00164. The fourth-order valence-electron chi connectivity index (χ4n) is 8.70. The summed E-state index contributed by atoms with van der Waals surface area (Å²) in [5.41, 5.74) is 5.15. The van der Waals surface area contributed by atoms with E-state index in [0.717, 1.165) is 93.3 Å². The summed E-state index contributed by atoms with van der Waals surface area (Å²) < 4.78 is 41.8. The number of aliphatic hydroxyl groups is 1. The smallest absolute Gasteiger partial charge is 0.268 e. The van der Waals surface area contributed by atoms with Crippen LogP contribution in [0.3, 0.4) is 0 Å². The molecule has 3 aromatic carbocycles. The number of sulfonamides is 1. The van der Waals surface area contributed by atoms with E-state index in [1.54, 1.807) is 30.5 Å². The molecule has 5 aromatic rings. The molecule has 3 heterocycles. The van der Waals surface area contributed by atoms with E-state index in [9.17, 15) is 23.6 Å². The number of aromatic nitrogens is 3. The van der Waals surface area contributed by atoms with Crippen molar-refractivity contribution >= 4 is 49.7 Å². The van der Waals surface area contributed by atoms with Gasteiger partial charge in [-0.15, -0.1) is 0 Å². The zero-order chi connectivity index (χ0) is 43.6. The Morgan fingerprint density at radius 2 is 1.76 bits per heavy atom. The van der Waals surface area contributed by atoms with E-state index in [4.69, 9.17) is 21.1 Å². The highest BCUT2D eigenvalue weighted by atomic mass is 35.5. The second-order valence-electron chi connectivity index (χ2n) is 17.9. The first-order valence-corrected chi connectivity index (χ1v) is 23.0.